The van der Waals surface area contributed by atoms with Crippen molar-refractivity contribution in [1.82, 2.24) is 0 Å². The average molecular weight is 128 g/mol. The smallest absolute Gasteiger partial charge is 0.307 e. The molecule has 0 amide bonds. The SMILES string of the molecule is C1=CO1.C=COC(C)=O. The highest BCUT2D eigenvalue weighted by molar-refractivity contribution is 5.66. The van der Waals surface area contributed by atoms with Gasteiger partial charge in [-0.1, -0.05) is 6.58 Å². The van der Waals surface area contributed by atoms with Crippen LogP contribution in [0.1, 0.15) is 6.92 Å². The van der Waals surface area contributed by atoms with Crippen LogP contribution >= 0.6 is 0 Å². The number of carbonyl (C=O) groups excluding carboxylic acids is 1. The molecule has 3 heteroatoms. The Kier molecular flexibility index (Phi) is 4.22. The number of rotatable bonds is 1. The molecule has 0 aromatic rings. The van der Waals surface area contributed by atoms with Crippen LogP contribution < -0.4 is 0 Å². The Morgan fingerprint density at radius 3 is 2.22 bits per heavy atom. The minimum Gasteiger partial charge on any atom is -0.466 e. The van der Waals surface area contributed by atoms with Gasteiger partial charge in [-0.2, -0.15) is 0 Å². The summed E-state index contributed by atoms with van der Waals surface area (Å²) >= 11 is 0. The van der Waals surface area contributed by atoms with Crippen LogP contribution in [-0.4, -0.2) is 5.97 Å². The van der Waals surface area contributed by atoms with Gasteiger partial charge in [-0.25, -0.2) is 0 Å². The largest absolute Gasteiger partial charge is 0.466 e. The van der Waals surface area contributed by atoms with Gasteiger partial charge >= 0.3 is 5.97 Å². The number of ether oxygens (including phenoxy) is 2. The molecule has 50 valence electrons. The lowest BCUT2D eigenvalue weighted by molar-refractivity contribution is -0.135. The van der Waals surface area contributed by atoms with E-state index in [9.17, 15) is 4.79 Å². The molecule has 0 aliphatic carbocycles. The van der Waals surface area contributed by atoms with Crippen molar-refractivity contribution in [2.75, 3.05) is 0 Å². The lowest BCUT2D eigenvalue weighted by Gasteiger charge is -1.83. The minimum absolute atomic E-state index is 0.329. The number of hydrogen-bond acceptors (Lipinski definition) is 3. The van der Waals surface area contributed by atoms with E-state index in [0.29, 0.717) is 0 Å². The summed E-state index contributed by atoms with van der Waals surface area (Å²) in [4.78, 5) is 9.75. The highest BCUT2D eigenvalue weighted by Crippen LogP contribution is 1.89. The van der Waals surface area contributed by atoms with E-state index in [1.807, 2.05) is 0 Å². The number of hydrogen-bond donors (Lipinski definition) is 0. The molecule has 0 aromatic carbocycles. The van der Waals surface area contributed by atoms with E-state index in [4.69, 9.17) is 0 Å². The molecule has 0 aromatic heterocycles. The third-order valence-corrected chi connectivity index (χ3v) is 0.385. The fourth-order valence-electron chi connectivity index (χ4n) is 0.117. The summed E-state index contributed by atoms with van der Waals surface area (Å²) in [6.45, 7) is 4.48. The van der Waals surface area contributed by atoms with Crippen LogP contribution in [-0.2, 0) is 14.3 Å². The first kappa shape index (κ1) is 7.75. The van der Waals surface area contributed by atoms with Crippen molar-refractivity contribution in [3.05, 3.63) is 25.4 Å². The van der Waals surface area contributed by atoms with Crippen molar-refractivity contribution in [3.63, 3.8) is 0 Å². The Bertz CT molecular complexity index is 122. The quantitative estimate of drug-likeness (QED) is 0.393. The third kappa shape index (κ3) is 20.1. The molecule has 9 heavy (non-hydrogen) atoms. The van der Waals surface area contributed by atoms with Gasteiger partial charge in [-0.15, -0.1) is 0 Å². The van der Waals surface area contributed by atoms with E-state index in [1.165, 1.54) is 6.92 Å². The Labute approximate surface area is 53.6 Å². The van der Waals surface area contributed by atoms with Gasteiger partial charge in [0.05, 0.1) is 6.26 Å². The zero-order valence-corrected chi connectivity index (χ0v) is 5.16. The molecule has 1 rings (SSSR count). The minimum atomic E-state index is -0.329. The van der Waals surface area contributed by atoms with Crippen LogP contribution in [0.4, 0.5) is 0 Å². The topological polar surface area (TPSA) is 38.8 Å². The fourth-order valence-corrected chi connectivity index (χ4v) is 0.117. The molecule has 0 spiro atoms. The zero-order valence-electron chi connectivity index (χ0n) is 5.16. The van der Waals surface area contributed by atoms with Gasteiger partial charge in [0.25, 0.3) is 0 Å². The van der Waals surface area contributed by atoms with Crippen LogP contribution in [0, 0.1) is 0 Å². The summed E-state index contributed by atoms with van der Waals surface area (Å²) in [6, 6.07) is 0. The standard InChI is InChI=1S/C4H6O2.C2H2O/c1-3-6-4(2)5;1-2-3-1/h3H,1H2,2H3;1-2H. The van der Waals surface area contributed by atoms with Crippen molar-refractivity contribution in [2.24, 2.45) is 0 Å². The lowest BCUT2D eigenvalue weighted by atomic mass is 10.8. The molecule has 0 N–H and O–H groups in total. The van der Waals surface area contributed by atoms with E-state index < -0.39 is 0 Å². The molecule has 3 nitrogen and oxygen atoms in total. The van der Waals surface area contributed by atoms with E-state index in [-0.39, 0.29) is 5.97 Å². The normalized spacial score (nSPS) is 9.89. The summed E-state index contributed by atoms with van der Waals surface area (Å²) < 4.78 is 8.42. The van der Waals surface area contributed by atoms with Gasteiger partial charge in [0, 0.05) is 6.92 Å². The molecule has 0 bridgehead atoms. The van der Waals surface area contributed by atoms with Crippen molar-refractivity contribution in [2.45, 2.75) is 6.92 Å². The van der Waals surface area contributed by atoms with E-state index in [1.54, 1.807) is 12.5 Å². The molecule has 0 radical (unpaired) electrons. The maximum Gasteiger partial charge on any atom is 0.307 e. The maximum absolute atomic E-state index is 9.75. The molecular formula is C6H8O3. The molecular weight excluding hydrogens is 120 g/mol. The van der Waals surface area contributed by atoms with E-state index in [2.05, 4.69) is 16.1 Å². The predicted octanol–water partition coefficient (Wildman–Crippen LogP) is 1.18. The van der Waals surface area contributed by atoms with Crippen LogP contribution in [0.5, 0.6) is 0 Å². The molecule has 0 saturated heterocycles. The second-order valence-corrected chi connectivity index (χ2v) is 1.18. The van der Waals surface area contributed by atoms with Crippen LogP contribution in [0.2, 0.25) is 0 Å². The monoisotopic (exact) mass is 128 g/mol. The maximum atomic E-state index is 9.75. The molecule has 1 heterocycles. The second kappa shape index (κ2) is 4.90. The first-order valence-corrected chi connectivity index (χ1v) is 2.36. The summed E-state index contributed by atoms with van der Waals surface area (Å²) in [5.74, 6) is -0.329. The van der Waals surface area contributed by atoms with Crippen LogP contribution in [0.3, 0.4) is 0 Å². The van der Waals surface area contributed by atoms with Gasteiger partial charge in [0.2, 0.25) is 0 Å². The van der Waals surface area contributed by atoms with Crippen molar-refractivity contribution >= 4 is 5.97 Å². The van der Waals surface area contributed by atoms with Gasteiger partial charge in [0.1, 0.15) is 12.5 Å². The van der Waals surface area contributed by atoms with Crippen LogP contribution in [0.25, 0.3) is 0 Å². The number of esters is 1. The van der Waals surface area contributed by atoms with Gasteiger partial charge < -0.3 is 9.47 Å². The van der Waals surface area contributed by atoms with E-state index in [0.717, 1.165) is 6.26 Å². The van der Waals surface area contributed by atoms with Gasteiger partial charge in [-0.3, -0.25) is 4.79 Å². The first-order valence-electron chi connectivity index (χ1n) is 2.36. The Balaban J connectivity index is 0.000000173. The number of carbonyl (C=O) groups is 1. The Morgan fingerprint density at radius 1 is 1.78 bits per heavy atom. The van der Waals surface area contributed by atoms with Gasteiger partial charge in [-0.05, 0) is 0 Å². The summed E-state index contributed by atoms with van der Waals surface area (Å²) in [5.41, 5.74) is 0. The molecule has 1 aliphatic rings. The predicted molar refractivity (Wildman–Crippen MR) is 32.2 cm³/mol. The highest BCUT2D eigenvalue weighted by atomic mass is 16.5. The third-order valence-electron chi connectivity index (χ3n) is 0.385. The summed E-state index contributed by atoms with van der Waals surface area (Å²) in [5, 5.41) is 0. The van der Waals surface area contributed by atoms with Gasteiger partial charge in [0.15, 0.2) is 0 Å². The van der Waals surface area contributed by atoms with E-state index >= 15 is 0 Å². The molecule has 0 saturated carbocycles. The highest BCUT2D eigenvalue weighted by Gasteiger charge is 1.79. The average Bonchev–Trinajstić information content (AvgIpc) is 2.45. The molecule has 0 unspecified atom stereocenters. The fraction of sp³-hybridized carbons (Fsp3) is 0.167. The summed E-state index contributed by atoms with van der Waals surface area (Å²) in [6.07, 6.45) is 4.35. The second-order valence-electron chi connectivity index (χ2n) is 1.18. The molecule has 1 aliphatic heterocycles. The Hall–Kier alpha value is -1.25. The molecule has 0 atom stereocenters. The first-order chi connectivity index (χ1) is 4.27. The van der Waals surface area contributed by atoms with Crippen molar-refractivity contribution in [3.8, 4) is 0 Å². The zero-order chi connectivity index (χ0) is 7.11. The van der Waals surface area contributed by atoms with Crippen LogP contribution in [0.15, 0.2) is 25.4 Å². The van der Waals surface area contributed by atoms with Crippen molar-refractivity contribution < 1.29 is 14.3 Å². The van der Waals surface area contributed by atoms with Crippen molar-refractivity contribution in [1.29, 1.82) is 0 Å². The summed E-state index contributed by atoms with van der Waals surface area (Å²) in [7, 11) is 0. The Morgan fingerprint density at radius 2 is 2.22 bits per heavy atom. The lowest BCUT2D eigenvalue weighted by Crippen LogP contribution is -1.87. The molecule has 0 fully saturated rings.